The topological polar surface area (TPSA) is 24.1 Å². The van der Waals surface area contributed by atoms with E-state index in [-0.39, 0.29) is 11.9 Å². The van der Waals surface area contributed by atoms with Crippen molar-refractivity contribution >= 4 is 5.69 Å². The highest BCUT2D eigenvalue weighted by Crippen LogP contribution is 2.27. The van der Waals surface area contributed by atoms with Crippen molar-refractivity contribution in [2.75, 3.05) is 11.9 Å². The van der Waals surface area contributed by atoms with Crippen LogP contribution >= 0.6 is 0 Å². The third-order valence-corrected chi connectivity index (χ3v) is 4.23. The molecule has 3 heteroatoms. The summed E-state index contributed by atoms with van der Waals surface area (Å²) < 4.78 is 13.6. The van der Waals surface area contributed by atoms with E-state index in [9.17, 15) is 4.39 Å². The SMILES string of the molecule is Cc1ccc(C(C)NCc2cccc3c2NCC3)cc1F. The van der Waals surface area contributed by atoms with Gasteiger partial charge in [-0.05, 0) is 48.6 Å². The maximum atomic E-state index is 13.6. The molecule has 1 unspecified atom stereocenters. The first-order valence-corrected chi connectivity index (χ1v) is 7.49. The summed E-state index contributed by atoms with van der Waals surface area (Å²) in [6.07, 6.45) is 1.10. The highest BCUT2D eigenvalue weighted by molar-refractivity contribution is 5.61. The first-order valence-electron chi connectivity index (χ1n) is 7.49. The third-order valence-electron chi connectivity index (χ3n) is 4.23. The summed E-state index contributed by atoms with van der Waals surface area (Å²) in [4.78, 5) is 0. The van der Waals surface area contributed by atoms with E-state index in [1.54, 1.807) is 13.0 Å². The van der Waals surface area contributed by atoms with Crippen molar-refractivity contribution in [3.63, 3.8) is 0 Å². The average molecular weight is 284 g/mol. The van der Waals surface area contributed by atoms with Crippen LogP contribution in [0.3, 0.4) is 0 Å². The fraction of sp³-hybridized carbons (Fsp3) is 0.333. The number of rotatable bonds is 4. The lowest BCUT2D eigenvalue weighted by atomic mass is 10.0. The number of aryl methyl sites for hydroxylation is 1. The summed E-state index contributed by atoms with van der Waals surface area (Å²) in [6.45, 7) is 5.66. The fourth-order valence-corrected chi connectivity index (χ4v) is 2.82. The zero-order chi connectivity index (χ0) is 14.8. The molecule has 2 N–H and O–H groups in total. The van der Waals surface area contributed by atoms with E-state index in [4.69, 9.17) is 0 Å². The number of nitrogens with one attached hydrogen (secondary N) is 2. The molecule has 0 saturated heterocycles. The Morgan fingerprint density at radius 3 is 2.95 bits per heavy atom. The molecule has 1 heterocycles. The smallest absolute Gasteiger partial charge is 0.126 e. The van der Waals surface area contributed by atoms with Crippen molar-refractivity contribution in [1.29, 1.82) is 0 Å². The molecule has 0 fully saturated rings. The molecule has 1 aliphatic heterocycles. The lowest BCUT2D eigenvalue weighted by Gasteiger charge is -2.16. The highest BCUT2D eigenvalue weighted by Gasteiger charge is 2.14. The molecule has 1 atom stereocenters. The highest BCUT2D eigenvalue weighted by atomic mass is 19.1. The number of para-hydroxylation sites is 1. The largest absolute Gasteiger partial charge is 0.384 e. The first-order chi connectivity index (χ1) is 10.1. The van der Waals surface area contributed by atoms with Gasteiger partial charge in [0.15, 0.2) is 0 Å². The summed E-state index contributed by atoms with van der Waals surface area (Å²) in [5, 5.41) is 6.93. The number of hydrogen-bond acceptors (Lipinski definition) is 2. The predicted molar refractivity (Wildman–Crippen MR) is 85.0 cm³/mol. The van der Waals surface area contributed by atoms with E-state index in [1.807, 2.05) is 12.1 Å². The van der Waals surface area contributed by atoms with E-state index in [0.29, 0.717) is 5.56 Å². The van der Waals surface area contributed by atoms with Gasteiger partial charge in [-0.2, -0.15) is 0 Å². The number of fused-ring (bicyclic) bond motifs is 1. The number of anilines is 1. The Hall–Kier alpha value is -1.87. The lowest BCUT2D eigenvalue weighted by Crippen LogP contribution is -2.19. The van der Waals surface area contributed by atoms with Crippen LogP contribution in [-0.4, -0.2) is 6.54 Å². The minimum absolute atomic E-state index is 0.123. The minimum Gasteiger partial charge on any atom is -0.384 e. The second-order valence-electron chi connectivity index (χ2n) is 5.74. The van der Waals surface area contributed by atoms with Gasteiger partial charge in [-0.25, -0.2) is 4.39 Å². The Morgan fingerprint density at radius 2 is 2.14 bits per heavy atom. The molecule has 110 valence electrons. The van der Waals surface area contributed by atoms with Crippen LogP contribution in [0.1, 0.15) is 35.2 Å². The molecule has 0 saturated carbocycles. The second kappa shape index (κ2) is 5.86. The fourth-order valence-electron chi connectivity index (χ4n) is 2.82. The van der Waals surface area contributed by atoms with Crippen LogP contribution in [0.25, 0.3) is 0 Å². The molecule has 0 amide bonds. The molecule has 0 radical (unpaired) electrons. The molecule has 2 aromatic carbocycles. The van der Waals surface area contributed by atoms with Crippen LogP contribution < -0.4 is 10.6 Å². The van der Waals surface area contributed by atoms with Crippen molar-refractivity contribution in [3.8, 4) is 0 Å². The van der Waals surface area contributed by atoms with Gasteiger partial charge in [-0.15, -0.1) is 0 Å². The van der Waals surface area contributed by atoms with Gasteiger partial charge in [0.2, 0.25) is 0 Å². The van der Waals surface area contributed by atoms with Gasteiger partial charge in [0, 0.05) is 24.8 Å². The van der Waals surface area contributed by atoms with Crippen LogP contribution in [0, 0.1) is 12.7 Å². The van der Waals surface area contributed by atoms with Crippen molar-refractivity contribution in [2.24, 2.45) is 0 Å². The average Bonchev–Trinajstić information content (AvgIpc) is 2.96. The zero-order valence-electron chi connectivity index (χ0n) is 12.5. The summed E-state index contributed by atoms with van der Waals surface area (Å²) >= 11 is 0. The minimum atomic E-state index is -0.136. The summed E-state index contributed by atoms with van der Waals surface area (Å²) in [5.41, 5.74) is 5.62. The molecule has 21 heavy (non-hydrogen) atoms. The molecule has 0 spiro atoms. The maximum absolute atomic E-state index is 13.6. The van der Waals surface area contributed by atoms with E-state index in [1.165, 1.54) is 16.8 Å². The van der Waals surface area contributed by atoms with Crippen molar-refractivity contribution in [1.82, 2.24) is 5.32 Å². The number of halogens is 1. The monoisotopic (exact) mass is 284 g/mol. The summed E-state index contributed by atoms with van der Waals surface area (Å²) in [6, 6.07) is 12.0. The van der Waals surface area contributed by atoms with Crippen LogP contribution in [0.4, 0.5) is 10.1 Å². The lowest BCUT2D eigenvalue weighted by molar-refractivity contribution is 0.563. The van der Waals surface area contributed by atoms with Crippen molar-refractivity contribution < 1.29 is 4.39 Å². The van der Waals surface area contributed by atoms with Crippen LogP contribution in [-0.2, 0) is 13.0 Å². The van der Waals surface area contributed by atoms with Crippen LogP contribution in [0.5, 0.6) is 0 Å². The zero-order valence-corrected chi connectivity index (χ0v) is 12.5. The van der Waals surface area contributed by atoms with Gasteiger partial charge in [0.05, 0.1) is 0 Å². The molecule has 2 nitrogen and oxygen atoms in total. The Bertz CT molecular complexity index is 652. The first kappa shape index (κ1) is 14.1. The molecular formula is C18H21FN2. The summed E-state index contributed by atoms with van der Waals surface area (Å²) in [7, 11) is 0. The van der Waals surface area contributed by atoms with E-state index < -0.39 is 0 Å². The molecule has 0 aromatic heterocycles. The quantitative estimate of drug-likeness (QED) is 0.888. The maximum Gasteiger partial charge on any atom is 0.126 e. The summed E-state index contributed by atoms with van der Waals surface area (Å²) in [5.74, 6) is -0.136. The van der Waals surface area contributed by atoms with E-state index >= 15 is 0 Å². The molecule has 0 bridgehead atoms. The molecule has 1 aliphatic rings. The number of benzene rings is 2. The number of hydrogen-bond donors (Lipinski definition) is 2. The standard InChI is InChI=1S/C18H21FN2/c1-12-6-7-15(10-17(12)19)13(2)21-11-16-5-3-4-14-8-9-20-18(14)16/h3-7,10,13,20-21H,8-9,11H2,1-2H3. The normalized spacial score (nSPS) is 14.6. The molecule has 3 rings (SSSR count). The Balaban J connectivity index is 1.70. The second-order valence-corrected chi connectivity index (χ2v) is 5.74. The van der Waals surface area contributed by atoms with Gasteiger partial charge in [0.1, 0.15) is 5.82 Å². The van der Waals surface area contributed by atoms with Gasteiger partial charge in [-0.1, -0.05) is 30.3 Å². The predicted octanol–water partition coefficient (Wildman–Crippen LogP) is 3.95. The Morgan fingerprint density at radius 1 is 1.29 bits per heavy atom. The van der Waals surface area contributed by atoms with Gasteiger partial charge >= 0.3 is 0 Å². The van der Waals surface area contributed by atoms with Gasteiger partial charge < -0.3 is 10.6 Å². The molecule has 0 aliphatic carbocycles. The van der Waals surface area contributed by atoms with Gasteiger partial charge in [-0.3, -0.25) is 0 Å². The van der Waals surface area contributed by atoms with E-state index in [0.717, 1.165) is 25.1 Å². The van der Waals surface area contributed by atoms with Crippen LogP contribution in [0.15, 0.2) is 36.4 Å². The van der Waals surface area contributed by atoms with Crippen molar-refractivity contribution in [2.45, 2.75) is 32.9 Å². The molecule has 2 aromatic rings. The van der Waals surface area contributed by atoms with E-state index in [2.05, 4.69) is 35.8 Å². The van der Waals surface area contributed by atoms with Crippen LogP contribution in [0.2, 0.25) is 0 Å². The molecular weight excluding hydrogens is 263 g/mol. The Kier molecular flexibility index (Phi) is 3.93. The van der Waals surface area contributed by atoms with Gasteiger partial charge in [0.25, 0.3) is 0 Å². The third kappa shape index (κ3) is 2.93. The van der Waals surface area contributed by atoms with Crippen molar-refractivity contribution in [3.05, 3.63) is 64.5 Å². The Labute approximate surface area is 125 Å².